The number of halogens is 5. The molecule has 0 radical (unpaired) electrons. The van der Waals surface area contributed by atoms with Crippen molar-refractivity contribution in [1.82, 2.24) is 9.97 Å². The van der Waals surface area contributed by atoms with E-state index in [1.54, 1.807) is 0 Å². The van der Waals surface area contributed by atoms with E-state index in [-0.39, 0.29) is 51.4 Å². The zero-order chi connectivity index (χ0) is 27.0. The average Bonchev–Trinajstić information content (AvgIpc) is 3.27. The number of nitrogens with one attached hydrogen (secondary N) is 1. The Morgan fingerprint density at radius 2 is 1.86 bits per heavy atom. The first-order valence-corrected chi connectivity index (χ1v) is 13.4. The smallest absolute Gasteiger partial charge is 0.405 e. The summed E-state index contributed by atoms with van der Waals surface area (Å²) in [5, 5.41) is 10.1. The summed E-state index contributed by atoms with van der Waals surface area (Å²) >= 11 is 13.1. The molecule has 2 aromatic carbocycles. The molecule has 37 heavy (non-hydrogen) atoms. The van der Waals surface area contributed by atoms with Crippen LogP contribution in [0.2, 0.25) is 0 Å². The molecule has 0 saturated carbocycles. The van der Waals surface area contributed by atoms with E-state index < -0.39 is 33.4 Å². The molecule has 1 aliphatic carbocycles. The van der Waals surface area contributed by atoms with E-state index in [2.05, 4.69) is 14.7 Å². The first-order valence-electron chi connectivity index (χ1n) is 10.9. The number of para-hydroxylation sites is 1. The molecule has 0 bridgehead atoms. The number of hydrogen-bond donors (Lipinski definition) is 2. The van der Waals surface area contributed by atoms with Crippen molar-refractivity contribution < 1.29 is 36.2 Å². The van der Waals surface area contributed by atoms with Gasteiger partial charge in [0.05, 0.1) is 27.7 Å². The highest BCUT2D eigenvalue weighted by atomic mass is 35.5. The van der Waals surface area contributed by atoms with Crippen LogP contribution in [0.1, 0.15) is 34.4 Å². The number of aromatic nitrogens is 2. The number of methoxy groups -OCH3 is 1. The minimum atomic E-state index is -4.91. The minimum Gasteiger partial charge on any atom is -0.405 e. The van der Waals surface area contributed by atoms with Crippen molar-refractivity contribution in [3.05, 3.63) is 76.9 Å². The number of aromatic amines is 1. The number of hydrogen-bond acceptors (Lipinski definition) is 6. The third-order valence-corrected chi connectivity index (χ3v) is 8.16. The van der Waals surface area contributed by atoms with E-state index in [1.165, 1.54) is 49.6 Å². The Balaban J connectivity index is 1.65. The van der Waals surface area contributed by atoms with Gasteiger partial charge < -0.3 is 19.6 Å². The number of alkyl halides is 4. The van der Waals surface area contributed by atoms with E-state index in [1.807, 2.05) is 0 Å². The van der Waals surface area contributed by atoms with Gasteiger partial charge >= 0.3 is 6.36 Å². The van der Waals surface area contributed by atoms with Gasteiger partial charge in [0, 0.05) is 30.4 Å². The second-order valence-electron chi connectivity index (χ2n) is 8.18. The van der Waals surface area contributed by atoms with Crippen LogP contribution in [-0.4, -0.2) is 54.7 Å². The maximum absolute atomic E-state index is 12.9. The molecule has 0 fully saturated rings. The Bertz CT molecular complexity index is 1420. The lowest BCUT2D eigenvalue weighted by molar-refractivity contribution is -0.274. The normalized spacial score (nSPS) is 17.0. The van der Waals surface area contributed by atoms with Crippen molar-refractivity contribution in [3.63, 3.8) is 0 Å². The maximum Gasteiger partial charge on any atom is 0.573 e. The largest absolute Gasteiger partial charge is 0.573 e. The lowest BCUT2D eigenvalue weighted by Gasteiger charge is -2.23. The fraction of sp³-hybridized carbons (Fsp3) is 0.292. The molecule has 0 saturated heterocycles. The van der Waals surface area contributed by atoms with Crippen molar-refractivity contribution in [2.24, 2.45) is 0 Å². The number of sulfone groups is 1. The number of H-pyrrole nitrogens is 1. The number of rotatable bonds is 8. The third-order valence-electron chi connectivity index (χ3n) is 5.71. The number of aliphatic hydroxyl groups is 1. The minimum absolute atomic E-state index is 0.0220. The van der Waals surface area contributed by atoms with Gasteiger partial charge in [-0.3, -0.25) is 0 Å². The Labute approximate surface area is 220 Å². The molecule has 1 aliphatic rings. The van der Waals surface area contributed by atoms with Crippen LogP contribution in [0.15, 0.2) is 53.4 Å². The number of aliphatic hydroxyl groups excluding tert-OH is 1. The SMILES string of the molecule is COCCS(=O)(=O)c1ccc(C(O)c2nc3c([nH]2)CC(Cl)C(c2ccccc2OC(F)(F)F)=C3Cl)cc1. The molecule has 0 amide bonds. The van der Waals surface area contributed by atoms with Crippen molar-refractivity contribution >= 4 is 43.6 Å². The molecule has 1 heterocycles. The molecule has 3 aromatic rings. The number of nitrogens with zero attached hydrogens (tertiary/aromatic N) is 1. The summed E-state index contributed by atoms with van der Waals surface area (Å²) in [5.74, 6) is -0.517. The number of allylic oxidation sites excluding steroid dienone is 1. The predicted molar refractivity (Wildman–Crippen MR) is 132 cm³/mol. The first kappa shape index (κ1) is 27.5. The fourth-order valence-corrected chi connectivity index (χ4v) is 5.95. The number of fused-ring (bicyclic) bond motifs is 1. The lowest BCUT2D eigenvalue weighted by Crippen LogP contribution is -2.20. The highest BCUT2D eigenvalue weighted by Crippen LogP contribution is 2.44. The van der Waals surface area contributed by atoms with Crippen LogP contribution < -0.4 is 4.74 Å². The van der Waals surface area contributed by atoms with Crippen molar-refractivity contribution in [1.29, 1.82) is 0 Å². The molecule has 7 nitrogen and oxygen atoms in total. The van der Waals surface area contributed by atoms with E-state index in [9.17, 15) is 26.7 Å². The standard InChI is InChI=1S/C24H21Cl2F3N2O5S/c1-35-10-11-37(33,34)14-8-6-13(7-9-14)22(32)23-30-17-12-16(25)19(20(26)21(17)31-23)15-4-2-3-5-18(15)36-24(27,28)29/h2-9,16,22,32H,10-12H2,1H3,(H,30,31). The van der Waals surface area contributed by atoms with Crippen LogP contribution in [0.4, 0.5) is 13.2 Å². The molecule has 2 atom stereocenters. The maximum atomic E-state index is 12.9. The molecule has 0 spiro atoms. The number of benzene rings is 2. The summed E-state index contributed by atoms with van der Waals surface area (Å²) in [6, 6.07) is 11.2. The van der Waals surface area contributed by atoms with Crippen LogP contribution in [0.3, 0.4) is 0 Å². The lowest BCUT2D eigenvalue weighted by atomic mass is 9.92. The van der Waals surface area contributed by atoms with Gasteiger partial charge in [-0.15, -0.1) is 24.8 Å². The van der Waals surface area contributed by atoms with E-state index >= 15 is 0 Å². The fourth-order valence-electron chi connectivity index (χ4n) is 3.95. The Hall–Kier alpha value is -2.57. The summed E-state index contributed by atoms with van der Waals surface area (Å²) in [5.41, 5.74) is 1.39. The van der Waals surface area contributed by atoms with Gasteiger partial charge in [-0.05, 0) is 23.8 Å². The van der Waals surface area contributed by atoms with E-state index in [0.29, 0.717) is 11.3 Å². The van der Waals surface area contributed by atoms with E-state index in [0.717, 1.165) is 6.07 Å². The van der Waals surface area contributed by atoms with Crippen LogP contribution >= 0.6 is 23.2 Å². The Morgan fingerprint density at radius 3 is 2.51 bits per heavy atom. The van der Waals surface area contributed by atoms with Gasteiger partial charge in [-0.2, -0.15) is 0 Å². The molecular weight excluding hydrogens is 556 g/mol. The van der Waals surface area contributed by atoms with Gasteiger partial charge in [0.1, 0.15) is 23.4 Å². The zero-order valence-electron chi connectivity index (χ0n) is 19.2. The van der Waals surface area contributed by atoms with Crippen LogP contribution in [0.25, 0.3) is 10.6 Å². The molecule has 2 N–H and O–H groups in total. The predicted octanol–water partition coefficient (Wildman–Crippen LogP) is 5.08. The highest BCUT2D eigenvalue weighted by molar-refractivity contribution is 7.91. The summed E-state index contributed by atoms with van der Waals surface area (Å²) < 4.78 is 72.4. The monoisotopic (exact) mass is 576 g/mol. The summed E-state index contributed by atoms with van der Waals surface area (Å²) in [6.45, 7) is 0.0509. The van der Waals surface area contributed by atoms with Gasteiger partial charge in [0.25, 0.3) is 0 Å². The summed E-state index contributed by atoms with van der Waals surface area (Å²) in [6.07, 6.45) is -6.02. The number of imidazole rings is 1. The van der Waals surface area contributed by atoms with Gasteiger partial charge in [-0.25, -0.2) is 13.4 Å². The number of ether oxygens (including phenoxy) is 2. The third kappa shape index (κ3) is 5.96. The van der Waals surface area contributed by atoms with Crippen molar-refractivity contribution in [3.8, 4) is 5.75 Å². The Kier molecular flexibility index (Phi) is 7.91. The molecule has 1 aromatic heterocycles. The quantitative estimate of drug-likeness (QED) is 0.363. The van der Waals surface area contributed by atoms with E-state index in [4.69, 9.17) is 27.9 Å². The zero-order valence-corrected chi connectivity index (χ0v) is 21.5. The Morgan fingerprint density at radius 1 is 1.19 bits per heavy atom. The first-order chi connectivity index (χ1) is 17.4. The van der Waals surface area contributed by atoms with Crippen molar-refractivity contribution in [2.45, 2.75) is 29.2 Å². The average molecular weight is 577 g/mol. The molecule has 4 rings (SSSR count). The van der Waals surface area contributed by atoms with Crippen LogP contribution in [0, 0.1) is 0 Å². The topological polar surface area (TPSA) is 102 Å². The second-order valence-corrected chi connectivity index (χ2v) is 11.2. The van der Waals surface area contributed by atoms with Crippen LogP contribution in [-0.2, 0) is 21.0 Å². The summed E-state index contributed by atoms with van der Waals surface area (Å²) in [7, 11) is -2.14. The van der Waals surface area contributed by atoms with Gasteiger partial charge in [0.15, 0.2) is 9.84 Å². The van der Waals surface area contributed by atoms with Gasteiger partial charge in [0.2, 0.25) is 0 Å². The summed E-state index contributed by atoms with van der Waals surface area (Å²) in [4.78, 5) is 7.45. The van der Waals surface area contributed by atoms with Crippen LogP contribution in [0.5, 0.6) is 5.75 Å². The molecule has 2 unspecified atom stereocenters. The molecular formula is C24H21Cl2F3N2O5S. The molecule has 0 aliphatic heterocycles. The second kappa shape index (κ2) is 10.7. The molecule has 198 valence electrons. The van der Waals surface area contributed by atoms with Crippen molar-refractivity contribution in [2.75, 3.05) is 19.5 Å². The molecule has 13 heteroatoms. The van der Waals surface area contributed by atoms with Gasteiger partial charge in [-0.1, -0.05) is 41.9 Å². The highest BCUT2D eigenvalue weighted by Gasteiger charge is 2.35.